The number of hydrogen-bond donors (Lipinski definition) is 2. The molecule has 1 unspecified atom stereocenters. The molecule has 1 aliphatic heterocycles. The lowest BCUT2D eigenvalue weighted by Gasteiger charge is -2.35. The van der Waals surface area contributed by atoms with Crippen molar-refractivity contribution in [2.75, 3.05) is 13.7 Å². The minimum Gasteiger partial charge on any atom is -0.467 e. The zero-order valence-corrected chi connectivity index (χ0v) is 29.9. The third kappa shape index (κ3) is 7.87. The van der Waals surface area contributed by atoms with Crippen LogP contribution in [0.4, 0.5) is 4.79 Å². The van der Waals surface area contributed by atoms with Crippen molar-refractivity contribution >= 4 is 49.9 Å². The number of hydrogen-bond acceptors (Lipinski definition) is 9. The smallest absolute Gasteiger partial charge is 0.408 e. The molecule has 12 nitrogen and oxygen atoms in total. The Hall–Kier alpha value is -2.71. The average molecular weight is 729 g/mol. The third-order valence-electron chi connectivity index (χ3n) is 9.60. The molecule has 14 heteroatoms. The van der Waals surface area contributed by atoms with Crippen LogP contribution in [-0.2, 0) is 38.2 Å². The van der Waals surface area contributed by atoms with E-state index in [0.717, 1.165) is 12.8 Å². The Kier molecular flexibility index (Phi) is 10.8. The highest BCUT2D eigenvalue weighted by Gasteiger charge is 2.62. The van der Waals surface area contributed by atoms with E-state index in [0.29, 0.717) is 29.2 Å². The molecule has 0 bridgehead atoms. The first kappa shape index (κ1) is 36.1. The minimum atomic E-state index is -4.26. The summed E-state index contributed by atoms with van der Waals surface area (Å²) in [6.45, 7) is 11.2. The van der Waals surface area contributed by atoms with Gasteiger partial charge in [0.05, 0.1) is 18.1 Å². The number of nitrogens with one attached hydrogen (secondary N) is 2. The van der Waals surface area contributed by atoms with Crippen LogP contribution < -0.4 is 10.6 Å². The van der Waals surface area contributed by atoms with Crippen LogP contribution in [0.3, 0.4) is 0 Å². The van der Waals surface area contributed by atoms with Crippen LogP contribution in [0.5, 0.6) is 0 Å². The molecule has 1 saturated heterocycles. The standard InChI is InChI=1S/C32H46BrN3O9S/c1-8-20-16-32(20,29(39)43-7)35-27(37)25-15-23(45-46(41,42)24-11-9-21(33)10-12-24)17-36(25)28(38)26(31(4,5)6)34-30(40)44-22-13-18(2)19(3)14-22/h9-12,18-20,22-23,25-26H,8,13-17H2,1-7H3,(H,34,40)(H,35,37)/t18-,19+,20-,22?,23+,25+,26-,32-/m1/s1. The SMILES string of the molecule is CC[C@@H]1C[C@]1(NC(=O)[C@@H]1C[C@H](OS(=O)(=O)c2ccc(Br)cc2)CN1C(=O)[C@@H](NC(=O)OC1C[C@@H](C)[C@@H](C)C1)C(C)(C)C)C(=O)OC. The molecule has 8 atom stereocenters. The summed E-state index contributed by atoms with van der Waals surface area (Å²) in [5.41, 5.74) is -2.04. The Bertz CT molecular complexity index is 1420. The third-order valence-corrected chi connectivity index (χ3v) is 11.5. The second-order valence-electron chi connectivity index (χ2n) is 14.0. The molecule has 256 valence electrons. The van der Waals surface area contributed by atoms with Gasteiger partial charge in [0.25, 0.3) is 10.1 Å². The highest BCUT2D eigenvalue weighted by Crippen LogP contribution is 2.47. The number of amides is 3. The Morgan fingerprint density at radius 3 is 2.17 bits per heavy atom. The fourth-order valence-corrected chi connectivity index (χ4v) is 7.90. The monoisotopic (exact) mass is 727 g/mol. The van der Waals surface area contributed by atoms with E-state index in [2.05, 4.69) is 40.4 Å². The Morgan fingerprint density at radius 1 is 1.04 bits per heavy atom. The van der Waals surface area contributed by atoms with E-state index < -0.39 is 63.1 Å². The topological polar surface area (TPSA) is 157 Å². The first-order valence-corrected chi connectivity index (χ1v) is 18.0. The number of rotatable bonds is 10. The number of esters is 1. The molecule has 3 fully saturated rings. The van der Waals surface area contributed by atoms with E-state index in [9.17, 15) is 27.6 Å². The summed E-state index contributed by atoms with van der Waals surface area (Å²) in [6, 6.07) is 3.60. The molecule has 4 rings (SSSR count). The van der Waals surface area contributed by atoms with Gasteiger partial charge in [-0.1, -0.05) is 63.9 Å². The second kappa shape index (κ2) is 13.8. The van der Waals surface area contributed by atoms with Gasteiger partial charge in [0.2, 0.25) is 11.8 Å². The van der Waals surface area contributed by atoms with Crippen LogP contribution >= 0.6 is 15.9 Å². The molecular weight excluding hydrogens is 682 g/mol. The molecule has 3 aliphatic rings. The van der Waals surface area contributed by atoms with Crippen LogP contribution in [0, 0.1) is 23.2 Å². The van der Waals surface area contributed by atoms with Crippen molar-refractivity contribution in [3.63, 3.8) is 0 Å². The summed E-state index contributed by atoms with van der Waals surface area (Å²) in [5, 5.41) is 5.54. The molecule has 3 amide bonds. The van der Waals surface area contributed by atoms with Gasteiger partial charge in [-0.2, -0.15) is 8.42 Å². The normalized spacial score (nSPS) is 30.0. The Morgan fingerprint density at radius 2 is 1.65 bits per heavy atom. The summed E-state index contributed by atoms with van der Waals surface area (Å²) in [6.07, 6.45) is 0.227. The van der Waals surface area contributed by atoms with Gasteiger partial charge in [-0.3, -0.25) is 13.8 Å². The van der Waals surface area contributed by atoms with Crippen LogP contribution in [0.15, 0.2) is 33.6 Å². The van der Waals surface area contributed by atoms with Crippen molar-refractivity contribution in [3.05, 3.63) is 28.7 Å². The van der Waals surface area contributed by atoms with Gasteiger partial charge >= 0.3 is 12.1 Å². The molecule has 1 aromatic carbocycles. The van der Waals surface area contributed by atoms with E-state index in [1.807, 2.05) is 6.92 Å². The maximum atomic E-state index is 14.3. The summed E-state index contributed by atoms with van der Waals surface area (Å²) >= 11 is 3.28. The van der Waals surface area contributed by atoms with Crippen molar-refractivity contribution in [1.82, 2.24) is 15.5 Å². The van der Waals surface area contributed by atoms with Gasteiger partial charge in [-0.15, -0.1) is 0 Å². The van der Waals surface area contributed by atoms with Crippen molar-refractivity contribution in [2.45, 2.75) is 108 Å². The van der Waals surface area contributed by atoms with E-state index >= 15 is 0 Å². The average Bonchev–Trinajstić information content (AvgIpc) is 3.38. The van der Waals surface area contributed by atoms with Crippen molar-refractivity contribution in [3.8, 4) is 0 Å². The molecule has 0 aromatic heterocycles. The number of likely N-dealkylation sites (tertiary alicyclic amines) is 1. The lowest BCUT2D eigenvalue weighted by atomic mass is 9.85. The van der Waals surface area contributed by atoms with E-state index in [1.165, 1.54) is 24.1 Å². The lowest BCUT2D eigenvalue weighted by Crippen LogP contribution is -2.59. The molecule has 0 radical (unpaired) electrons. The maximum absolute atomic E-state index is 14.3. The predicted molar refractivity (Wildman–Crippen MR) is 172 cm³/mol. The minimum absolute atomic E-state index is 0.0811. The van der Waals surface area contributed by atoms with Crippen LogP contribution in [-0.4, -0.2) is 80.7 Å². The first-order valence-electron chi connectivity index (χ1n) is 15.8. The van der Waals surface area contributed by atoms with E-state index in [-0.39, 0.29) is 29.9 Å². The number of ether oxygens (including phenoxy) is 2. The molecule has 46 heavy (non-hydrogen) atoms. The largest absolute Gasteiger partial charge is 0.467 e. The molecule has 1 heterocycles. The summed E-state index contributed by atoms with van der Waals surface area (Å²) in [4.78, 5) is 55.1. The highest BCUT2D eigenvalue weighted by molar-refractivity contribution is 9.10. The van der Waals surface area contributed by atoms with Gasteiger partial charge in [0.1, 0.15) is 23.7 Å². The molecule has 2 N–H and O–H groups in total. The van der Waals surface area contributed by atoms with Crippen LogP contribution in [0.1, 0.15) is 73.6 Å². The maximum Gasteiger partial charge on any atom is 0.408 e. The molecule has 0 spiro atoms. The summed E-state index contributed by atoms with van der Waals surface area (Å²) in [7, 11) is -3.01. The zero-order valence-electron chi connectivity index (χ0n) is 27.5. The van der Waals surface area contributed by atoms with E-state index in [1.54, 1.807) is 32.9 Å². The number of halogens is 1. The zero-order chi connectivity index (χ0) is 34.2. The number of benzene rings is 1. The van der Waals surface area contributed by atoms with Crippen molar-refractivity contribution in [1.29, 1.82) is 0 Å². The van der Waals surface area contributed by atoms with Crippen molar-refractivity contribution in [2.24, 2.45) is 23.2 Å². The number of nitrogens with zero attached hydrogens (tertiary/aromatic N) is 1. The fourth-order valence-electron chi connectivity index (χ4n) is 6.56. The van der Waals surface area contributed by atoms with Gasteiger partial charge in [-0.05, 0) is 66.7 Å². The molecule has 2 saturated carbocycles. The number of carbonyl (C=O) groups is 4. The Balaban J connectivity index is 1.59. The first-order chi connectivity index (χ1) is 21.4. The quantitative estimate of drug-likeness (QED) is 0.267. The predicted octanol–water partition coefficient (Wildman–Crippen LogP) is 4.16. The van der Waals surface area contributed by atoms with Gasteiger partial charge in [0.15, 0.2) is 0 Å². The van der Waals surface area contributed by atoms with Gasteiger partial charge < -0.3 is 25.0 Å². The van der Waals surface area contributed by atoms with Crippen LogP contribution in [0.25, 0.3) is 0 Å². The number of carbonyl (C=O) groups excluding carboxylic acids is 4. The van der Waals surface area contributed by atoms with Crippen molar-refractivity contribution < 1.29 is 41.3 Å². The van der Waals surface area contributed by atoms with E-state index in [4.69, 9.17) is 13.7 Å². The summed E-state index contributed by atoms with van der Waals surface area (Å²) < 4.78 is 43.3. The highest BCUT2D eigenvalue weighted by atomic mass is 79.9. The van der Waals surface area contributed by atoms with Crippen LogP contribution in [0.2, 0.25) is 0 Å². The fraction of sp³-hybridized carbons (Fsp3) is 0.688. The number of alkyl carbamates (subject to hydrolysis) is 1. The lowest BCUT2D eigenvalue weighted by molar-refractivity contribution is -0.148. The summed E-state index contributed by atoms with van der Waals surface area (Å²) in [5.74, 6) is -1.15. The molecule has 2 aliphatic carbocycles. The molecular formula is C32H46BrN3O9S. The van der Waals surface area contributed by atoms with Gasteiger partial charge in [-0.25, -0.2) is 9.59 Å². The number of methoxy groups -OCH3 is 1. The Labute approximate surface area is 279 Å². The van der Waals surface area contributed by atoms with Gasteiger partial charge in [0, 0.05) is 17.4 Å². The molecule has 1 aromatic rings. The second-order valence-corrected chi connectivity index (χ2v) is 16.5.